The summed E-state index contributed by atoms with van der Waals surface area (Å²) in [6.07, 6.45) is 6.13. The molecule has 2 aromatic rings. The van der Waals surface area contributed by atoms with E-state index in [9.17, 15) is 0 Å². The van der Waals surface area contributed by atoms with Gasteiger partial charge in [0.25, 0.3) is 0 Å². The molecular formula is C17H25N3. The summed E-state index contributed by atoms with van der Waals surface area (Å²) < 4.78 is 2.20. The lowest BCUT2D eigenvalue weighted by molar-refractivity contribution is 0.251. The molecule has 1 saturated carbocycles. The van der Waals surface area contributed by atoms with Gasteiger partial charge in [-0.25, -0.2) is 4.98 Å². The quantitative estimate of drug-likeness (QED) is 0.931. The van der Waals surface area contributed by atoms with Gasteiger partial charge in [-0.3, -0.25) is 0 Å². The maximum Gasteiger partial charge on any atom is 0.111 e. The number of fused-ring (bicyclic) bond motifs is 1. The van der Waals surface area contributed by atoms with E-state index in [1.807, 2.05) is 6.07 Å². The van der Waals surface area contributed by atoms with Gasteiger partial charge in [-0.05, 0) is 36.8 Å². The van der Waals surface area contributed by atoms with Crippen LogP contribution in [0, 0.1) is 11.8 Å². The Hall–Kier alpha value is -1.35. The van der Waals surface area contributed by atoms with Gasteiger partial charge >= 0.3 is 0 Å². The second kappa shape index (κ2) is 5.57. The predicted molar refractivity (Wildman–Crippen MR) is 83.5 cm³/mol. The van der Waals surface area contributed by atoms with Crippen LogP contribution in [0.15, 0.2) is 24.3 Å². The number of aromatic nitrogens is 2. The molecular weight excluding hydrogens is 246 g/mol. The molecule has 1 aliphatic rings. The smallest absolute Gasteiger partial charge is 0.111 e. The molecule has 1 atom stereocenters. The normalized spacial score (nSPS) is 24.9. The first-order valence-corrected chi connectivity index (χ1v) is 7.81. The number of benzene rings is 1. The van der Waals surface area contributed by atoms with Gasteiger partial charge in [0, 0.05) is 19.5 Å². The number of nitrogens with two attached hydrogens (primary N) is 1. The molecule has 1 aromatic carbocycles. The summed E-state index contributed by atoms with van der Waals surface area (Å²) >= 11 is 0. The number of rotatable bonds is 3. The van der Waals surface area contributed by atoms with Crippen LogP contribution in [0.4, 0.5) is 0 Å². The number of hydrogen-bond acceptors (Lipinski definition) is 2. The van der Waals surface area contributed by atoms with E-state index < -0.39 is 0 Å². The molecule has 0 saturated heterocycles. The third-order valence-corrected chi connectivity index (χ3v) is 4.96. The van der Waals surface area contributed by atoms with Crippen molar-refractivity contribution in [2.45, 2.75) is 45.1 Å². The minimum absolute atomic E-state index is 0.248. The van der Waals surface area contributed by atoms with E-state index in [0.29, 0.717) is 5.92 Å². The summed E-state index contributed by atoms with van der Waals surface area (Å²) in [6, 6.07) is 8.56. The first kappa shape index (κ1) is 13.6. The standard InChI is InChI=1S/C17H25N3/c1-12-7-9-13(10-8-12)14(18)11-17-19-15-5-3-4-6-16(15)20(17)2/h3-6,12-14H,7-11,18H2,1-2H3. The number of imidazole rings is 1. The zero-order chi connectivity index (χ0) is 14.1. The van der Waals surface area contributed by atoms with Crippen LogP contribution in [0.25, 0.3) is 11.0 Å². The van der Waals surface area contributed by atoms with Crippen molar-refractivity contribution in [3.05, 3.63) is 30.1 Å². The van der Waals surface area contributed by atoms with Crippen LogP contribution in [-0.4, -0.2) is 15.6 Å². The Labute approximate surface area is 121 Å². The van der Waals surface area contributed by atoms with Crippen molar-refractivity contribution in [1.82, 2.24) is 9.55 Å². The van der Waals surface area contributed by atoms with Gasteiger partial charge in [-0.2, -0.15) is 0 Å². The van der Waals surface area contributed by atoms with Gasteiger partial charge in [-0.1, -0.05) is 31.9 Å². The van der Waals surface area contributed by atoms with Crippen LogP contribution in [0.3, 0.4) is 0 Å². The van der Waals surface area contributed by atoms with Crippen LogP contribution in [0.2, 0.25) is 0 Å². The average Bonchev–Trinajstić information content (AvgIpc) is 2.77. The van der Waals surface area contributed by atoms with Gasteiger partial charge < -0.3 is 10.3 Å². The van der Waals surface area contributed by atoms with E-state index in [1.165, 1.54) is 31.2 Å². The number of hydrogen-bond donors (Lipinski definition) is 1. The summed E-state index contributed by atoms with van der Waals surface area (Å²) in [5.41, 5.74) is 8.74. The largest absolute Gasteiger partial charge is 0.331 e. The molecule has 1 aromatic heterocycles. The molecule has 1 aliphatic carbocycles. The third kappa shape index (κ3) is 2.59. The highest BCUT2D eigenvalue weighted by Crippen LogP contribution is 2.31. The van der Waals surface area contributed by atoms with Crippen LogP contribution >= 0.6 is 0 Å². The van der Waals surface area contributed by atoms with Gasteiger partial charge in [0.05, 0.1) is 11.0 Å². The van der Waals surface area contributed by atoms with Crippen LogP contribution < -0.4 is 5.73 Å². The molecule has 0 spiro atoms. The van der Waals surface area contributed by atoms with Gasteiger partial charge in [0.1, 0.15) is 5.82 Å². The summed E-state index contributed by atoms with van der Waals surface area (Å²) in [5, 5.41) is 0. The molecule has 0 amide bonds. The Balaban J connectivity index is 1.74. The molecule has 20 heavy (non-hydrogen) atoms. The molecule has 0 radical (unpaired) electrons. The lowest BCUT2D eigenvalue weighted by atomic mass is 9.78. The van der Waals surface area contributed by atoms with Crippen molar-refractivity contribution < 1.29 is 0 Å². The molecule has 0 bridgehead atoms. The van der Waals surface area contributed by atoms with E-state index >= 15 is 0 Å². The minimum Gasteiger partial charge on any atom is -0.331 e. The van der Waals surface area contributed by atoms with Crippen LogP contribution in [-0.2, 0) is 13.5 Å². The SMILES string of the molecule is CC1CCC(C(N)Cc2nc3ccccc3n2C)CC1. The first-order valence-electron chi connectivity index (χ1n) is 7.81. The van der Waals surface area contributed by atoms with Crippen molar-refractivity contribution in [2.75, 3.05) is 0 Å². The number of aryl methyl sites for hydroxylation is 1. The average molecular weight is 271 g/mol. The van der Waals surface area contributed by atoms with E-state index in [4.69, 9.17) is 10.7 Å². The van der Waals surface area contributed by atoms with Crippen molar-refractivity contribution in [3.8, 4) is 0 Å². The van der Waals surface area contributed by atoms with E-state index in [1.54, 1.807) is 0 Å². The molecule has 1 fully saturated rings. The van der Waals surface area contributed by atoms with E-state index in [2.05, 4.69) is 36.7 Å². The Morgan fingerprint density at radius 2 is 1.95 bits per heavy atom. The van der Waals surface area contributed by atoms with E-state index in [0.717, 1.165) is 23.7 Å². The van der Waals surface area contributed by atoms with Gasteiger partial charge in [0.2, 0.25) is 0 Å². The maximum atomic E-state index is 6.46. The van der Waals surface area contributed by atoms with Crippen molar-refractivity contribution >= 4 is 11.0 Å². The Morgan fingerprint density at radius 1 is 1.25 bits per heavy atom. The third-order valence-electron chi connectivity index (χ3n) is 4.96. The van der Waals surface area contributed by atoms with Gasteiger partial charge in [-0.15, -0.1) is 0 Å². The number of para-hydroxylation sites is 2. The first-order chi connectivity index (χ1) is 9.65. The second-order valence-electron chi connectivity index (χ2n) is 6.46. The Bertz CT molecular complexity index is 579. The summed E-state index contributed by atoms with van der Waals surface area (Å²) in [6.45, 7) is 2.35. The van der Waals surface area contributed by atoms with Crippen molar-refractivity contribution in [1.29, 1.82) is 0 Å². The zero-order valence-electron chi connectivity index (χ0n) is 12.5. The highest BCUT2D eigenvalue weighted by molar-refractivity contribution is 5.75. The molecule has 3 heteroatoms. The zero-order valence-corrected chi connectivity index (χ0v) is 12.5. The van der Waals surface area contributed by atoms with E-state index in [-0.39, 0.29) is 6.04 Å². The highest BCUT2D eigenvalue weighted by Gasteiger charge is 2.25. The molecule has 3 rings (SSSR count). The minimum atomic E-state index is 0.248. The molecule has 2 N–H and O–H groups in total. The fraction of sp³-hybridized carbons (Fsp3) is 0.588. The lowest BCUT2D eigenvalue weighted by Gasteiger charge is -2.30. The summed E-state index contributed by atoms with van der Waals surface area (Å²) in [4.78, 5) is 4.74. The predicted octanol–water partition coefficient (Wildman–Crippen LogP) is 3.27. The van der Waals surface area contributed by atoms with Crippen molar-refractivity contribution in [2.24, 2.45) is 24.6 Å². The molecule has 1 heterocycles. The topological polar surface area (TPSA) is 43.8 Å². The maximum absolute atomic E-state index is 6.46. The monoisotopic (exact) mass is 271 g/mol. The lowest BCUT2D eigenvalue weighted by Crippen LogP contribution is -2.35. The Kier molecular flexibility index (Phi) is 3.79. The number of nitrogens with zero attached hydrogens (tertiary/aromatic N) is 2. The summed E-state index contributed by atoms with van der Waals surface area (Å²) in [7, 11) is 2.10. The molecule has 3 nitrogen and oxygen atoms in total. The van der Waals surface area contributed by atoms with Crippen molar-refractivity contribution in [3.63, 3.8) is 0 Å². The van der Waals surface area contributed by atoms with Gasteiger partial charge in [0.15, 0.2) is 0 Å². The fourth-order valence-electron chi connectivity index (χ4n) is 3.47. The molecule has 0 aliphatic heterocycles. The highest BCUT2D eigenvalue weighted by atomic mass is 15.1. The van der Waals surface area contributed by atoms with Crippen LogP contribution in [0.1, 0.15) is 38.4 Å². The Morgan fingerprint density at radius 3 is 2.65 bits per heavy atom. The molecule has 1 unspecified atom stereocenters. The summed E-state index contributed by atoms with van der Waals surface area (Å²) in [5.74, 6) is 2.68. The fourth-order valence-corrected chi connectivity index (χ4v) is 3.47. The second-order valence-corrected chi connectivity index (χ2v) is 6.46. The molecule has 108 valence electrons. The van der Waals surface area contributed by atoms with Crippen LogP contribution in [0.5, 0.6) is 0 Å².